The number of halogens is 1. The highest BCUT2D eigenvalue weighted by atomic mass is 35.5. The number of amides is 3. The molecular weight excluding hydrogens is 292 g/mol. The molecule has 1 heterocycles. The molecule has 0 spiro atoms. The molecule has 1 aliphatic heterocycles. The lowest BCUT2D eigenvalue weighted by Crippen LogP contribution is -2.46. The van der Waals surface area contributed by atoms with Crippen molar-refractivity contribution in [1.82, 2.24) is 10.6 Å². The van der Waals surface area contributed by atoms with Crippen LogP contribution in [0.15, 0.2) is 24.3 Å². The van der Waals surface area contributed by atoms with Gasteiger partial charge in [-0.1, -0.05) is 6.07 Å². The van der Waals surface area contributed by atoms with Crippen molar-refractivity contribution >= 4 is 30.0 Å². The third kappa shape index (κ3) is 4.61. The van der Waals surface area contributed by atoms with Gasteiger partial charge in [-0.25, -0.2) is 4.79 Å². The number of carbonyl (C=O) groups excluding carboxylic acids is 2. The quantitative estimate of drug-likeness (QED) is 0.712. The standard InChI is InChI=1S/C14H20N4O2.ClH/c15-6-2-7-16-13(19)11-4-1-5-12(10-11)18-9-3-8-17-14(18)20;/h1,4-5,10H,2-3,6-9,15H2,(H,16,19)(H,17,20);1H. The Hall–Kier alpha value is -1.79. The van der Waals surface area contributed by atoms with Gasteiger partial charge in [0.15, 0.2) is 0 Å². The number of hydrogen-bond acceptors (Lipinski definition) is 3. The van der Waals surface area contributed by atoms with E-state index < -0.39 is 0 Å². The Bertz CT molecular complexity index is 496. The van der Waals surface area contributed by atoms with Gasteiger partial charge >= 0.3 is 6.03 Å². The van der Waals surface area contributed by atoms with Crippen molar-refractivity contribution in [2.24, 2.45) is 5.73 Å². The molecule has 0 aromatic heterocycles. The van der Waals surface area contributed by atoms with Crippen LogP contribution < -0.4 is 21.3 Å². The predicted molar refractivity (Wildman–Crippen MR) is 85.1 cm³/mol. The Morgan fingerprint density at radius 3 is 2.95 bits per heavy atom. The molecule has 0 unspecified atom stereocenters. The molecular formula is C14H21ClN4O2. The van der Waals surface area contributed by atoms with Crippen molar-refractivity contribution in [1.29, 1.82) is 0 Å². The van der Waals surface area contributed by atoms with E-state index in [0.29, 0.717) is 31.7 Å². The Balaban J connectivity index is 0.00000220. The van der Waals surface area contributed by atoms with Crippen molar-refractivity contribution in [3.63, 3.8) is 0 Å². The zero-order valence-electron chi connectivity index (χ0n) is 11.8. The molecule has 4 N–H and O–H groups in total. The second-order valence-electron chi connectivity index (χ2n) is 4.69. The molecule has 0 bridgehead atoms. The van der Waals surface area contributed by atoms with E-state index in [1.54, 1.807) is 23.1 Å². The molecule has 3 amide bonds. The molecule has 1 aromatic rings. The summed E-state index contributed by atoms with van der Waals surface area (Å²) < 4.78 is 0. The van der Waals surface area contributed by atoms with Gasteiger partial charge in [0.1, 0.15) is 0 Å². The Labute approximate surface area is 130 Å². The van der Waals surface area contributed by atoms with E-state index >= 15 is 0 Å². The number of urea groups is 1. The van der Waals surface area contributed by atoms with Gasteiger partial charge in [-0.05, 0) is 37.6 Å². The number of hydrogen-bond donors (Lipinski definition) is 3. The fraction of sp³-hybridized carbons (Fsp3) is 0.429. The number of nitrogens with one attached hydrogen (secondary N) is 2. The third-order valence-electron chi connectivity index (χ3n) is 3.17. The van der Waals surface area contributed by atoms with Crippen LogP contribution >= 0.6 is 12.4 Å². The van der Waals surface area contributed by atoms with Gasteiger partial charge in [0, 0.05) is 30.9 Å². The number of carbonyl (C=O) groups is 2. The van der Waals surface area contributed by atoms with Gasteiger partial charge in [0.25, 0.3) is 5.91 Å². The maximum absolute atomic E-state index is 12.0. The number of nitrogens with two attached hydrogens (primary N) is 1. The monoisotopic (exact) mass is 312 g/mol. The second-order valence-corrected chi connectivity index (χ2v) is 4.69. The molecule has 1 saturated heterocycles. The SMILES string of the molecule is Cl.NCCCNC(=O)c1cccc(N2CCCNC2=O)c1. The molecule has 0 radical (unpaired) electrons. The molecule has 1 aromatic carbocycles. The van der Waals surface area contributed by atoms with Gasteiger partial charge in [-0.2, -0.15) is 0 Å². The lowest BCUT2D eigenvalue weighted by molar-refractivity contribution is 0.0953. The maximum atomic E-state index is 12.0. The number of benzene rings is 1. The van der Waals surface area contributed by atoms with Crippen molar-refractivity contribution in [2.75, 3.05) is 31.1 Å². The van der Waals surface area contributed by atoms with Crippen molar-refractivity contribution in [3.8, 4) is 0 Å². The smallest absolute Gasteiger partial charge is 0.321 e. The minimum atomic E-state index is -0.141. The Morgan fingerprint density at radius 2 is 2.24 bits per heavy atom. The van der Waals surface area contributed by atoms with Crippen LogP contribution in [0, 0.1) is 0 Å². The molecule has 21 heavy (non-hydrogen) atoms. The summed E-state index contributed by atoms with van der Waals surface area (Å²) in [6, 6.07) is 6.99. The van der Waals surface area contributed by atoms with Crippen LogP contribution in [-0.2, 0) is 0 Å². The number of nitrogens with zero attached hydrogens (tertiary/aromatic N) is 1. The first-order valence-corrected chi connectivity index (χ1v) is 6.86. The lowest BCUT2D eigenvalue weighted by atomic mass is 10.1. The predicted octanol–water partition coefficient (Wildman–Crippen LogP) is 1.11. The van der Waals surface area contributed by atoms with Crippen LogP contribution in [0.3, 0.4) is 0 Å². The number of rotatable bonds is 5. The largest absolute Gasteiger partial charge is 0.352 e. The van der Waals surface area contributed by atoms with E-state index in [9.17, 15) is 9.59 Å². The van der Waals surface area contributed by atoms with Crippen molar-refractivity contribution < 1.29 is 9.59 Å². The van der Waals surface area contributed by atoms with E-state index in [4.69, 9.17) is 5.73 Å². The molecule has 0 atom stereocenters. The first-order chi connectivity index (χ1) is 9.72. The van der Waals surface area contributed by atoms with Gasteiger partial charge in [0.05, 0.1) is 0 Å². The summed E-state index contributed by atoms with van der Waals surface area (Å²) in [5.74, 6) is -0.141. The summed E-state index contributed by atoms with van der Waals surface area (Å²) in [6.45, 7) is 2.48. The van der Waals surface area contributed by atoms with Crippen LogP contribution in [0.4, 0.5) is 10.5 Å². The summed E-state index contributed by atoms with van der Waals surface area (Å²) in [5.41, 5.74) is 6.69. The maximum Gasteiger partial charge on any atom is 0.321 e. The van der Waals surface area contributed by atoms with Gasteiger partial charge < -0.3 is 16.4 Å². The fourth-order valence-electron chi connectivity index (χ4n) is 2.10. The average molecular weight is 313 g/mol. The van der Waals surface area contributed by atoms with E-state index in [1.807, 2.05) is 6.07 Å². The molecule has 6 nitrogen and oxygen atoms in total. The summed E-state index contributed by atoms with van der Waals surface area (Å²) in [6.07, 6.45) is 1.65. The molecule has 2 rings (SSSR count). The Morgan fingerprint density at radius 1 is 1.43 bits per heavy atom. The molecule has 0 saturated carbocycles. The van der Waals surface area contributed by atoms with E-state index in [0.717, 1.165) is 18.5 Å². The highest BCUT2D eigenvalue weighted by Gasteiger charge is 2.19. The van der Waals surface area contributed by atoms with E-state index in [1.165, 1.54) is 0 Å². The van der Waals surface area contributed by atoms with Crippen LogP contribution in [0.2, 0.25) is 0 Å². The highest BCUT2D eigenvalue weighted by molar-refractivity contribution is 5.97. The van der Waals surface area contributed by atoms with Crippen molar-refractivity contribution in [2.45, 2.75) is 12.8 Å². The first kappa shape index (κ1) is 17.3. The minimum Gasteiger partial charge on any atom is -0.352 e. The fourth-order valence-corrected chi connectivity index (χ4v) is 2.10. The van der Waals surface area contributed by atoms with Crippen molar-refractivity contribution in [3.05, 3.63) is 29.8 Å². The molecule has 116 valence electrons. The summed E-state index contributed by atoms with van der Waals surface area (Å²) in [5, 5.41) is 5.60. The lowest BCUT2D eigenvalue weighted by Gasteiger charge is -2.27. The van der Waals surface area contributed by atoms with Crippen LogP contribution in [0.25, 0.3) is 0 Å². The van der Waals surface area contributed by atoms with Gasteiger partial charge in [-0.15, -0.1) is 12.4 Å². The third-order valence-corrected chi connectivity index (χ3v) is 3.17. The van der Waals surface area contributed by atoms with E-state index in [-0.39, 0.29) is 24.3 Å². The zero-order chi connectivity index (χ0) is 14.4. The van der Waals surface area contributed by atoms with E-state index in [2.05, 4.69) is 10.6 Å². The average Bonchev–Trinajstić information content (AvgIpc) is 2.48. The summed E-state index contributed by atoms with van der Waals surface area (Å²) >= 11 is 0. The normalized spacial score (nSPS) is 14.1. The van der Waals surface area contributed by atoms with Crippen LogP contribution in [0.1, 0.15) is 23.2 Å². The zero-order valence-corrected chi connectivity index (χ0v) is 12.6. The van der Waals surface area contributed by atoms with Gasteiger partial charge in [-0.3, -0.25) is 9.69 Å². The first-order valence-electron chi connectivity index (χ1n) is 6.86. The topological polar surface area (TPSA) is 87.5 Å². The second kappa shape index (κ2) is 8.49. The molecule has 1 fully saturated rings. The van der Waals surface area contributed by atoms with Gasteiger partial charge in [0.2, 0.25) is 0 Å². The molecule has 1 aliphatic rings. The Kier molecular flexibility index (Phi) is 6.98. The number of anilines is 1. The minimum absolute atomic E-state index is 0. The van der Waals surface area contributed by atoms with Crippen LogP contribution in [0.5, 0.6) is 0 Å². The summed E-state index contributed by atoms with van der Waals surface area (Å²) in [4.78, 5) is 25.4. The molecule has 7 heteroatoms. The highest BCUT2D eigenvalue weighted by Crippen LogP contribution is 2.18. The van der Waals surface area contributed by atoms with Crippen LogP contribution in [-0.4, -0.2) is 38.1 Å². The molecule has 0 aliphatic carbocycles. The summed E-state index contributed by atoms with van der Waals surface area (Å²) in [7, 11) is 0.